The van der Waals surface area contributed by atoms with Crippen molar-refractivity contribution in [2.45, 2.75) is 6.92 Å². The third kappa shape index (κ3) is 1.24. The molecule has 0 N–H and O–H groups in total. The van der Waals surface area contributed by atoms with Gasteiger partial charge < -0.3 is 4.40 Å². The Labute approximate surface area is 127 Å². The van der Waals surface area contributed by atoms with Crippen molar-refractivity contribution in [2.75, 3.05) is 0 Å². The Morgan fingerprint density at radius 1 is 0.818 bits per heavy atom. The van der Waals surface area contributed by atoms with Gasteiger partial charge in [-0.25, -0.2) is 0 Å². The molecule has 2 nitrogen and oxygen atoms in total. The Morgan fingerprint density at radius 3 is 2.36 bits per heavy atom. The molecule has 0 saturated carbocycles. The van der Waals surface area contributed by atoms with Crippen molar-refractivity contribution in [1.29, 1.82) is 5.26 Å². The number of nitriles is 1. The summed E-state index contributed by atoms with van der Waals surface area (Å²) in [5.41, 5.74) is 5.62. The molecule has 102 valence electrons. The molecule has 0 amide bonds. The Balaban J connectivity index is 2.21. The highest BCUT2D eigenvalue weighted by Gasteiger charge is 2.17. The third-order valence-corrected chi connectivity index (χ3v) is 4.57. The summed E-state index contributed by atoms with van der Waals surface area (Å²) >= 11 is 0. The summed E-state index contributed by atoms with van der Waals surface area (Å²) in [5, 5.41) is 14.2. The molecule has 0 aliphatic heterocycles. The van der Waals surface area contributed by atoms with Crippen LogP contribution in [0.3, 0.4) is 0 Å². The second-order valence-corrected chi connectivity index (χ2v) is 5.90. The van der Waals surface area contributed by atoms with Gasteiger partial charge in [-0.3, -0.25) is 0 Å². The highest BCUT2D eigenvalue weighted by atomic mass is 14.9. The van der Waals surface area contributed by atoms with E-state index in [4.69, 9.17) is 0 Å². The lowest BCUT2D eigenvalue weighted by molar-refractivity contribution is 1.37. The van der Waals surface area contributed by atoms with Crippen LogP contribution in [0.1, 0.15) is 11.1 Å². The van der Waals surface area contributed by atoms with Crippen molar-refractivity contribution in [3.8, 4) is 6.07 Å². The summed E-state index contributed by atoms with van der Waals surface area (Å²) in [5.74, 6) is 0. The minimum absolute atomic E-state index is 0.712. The number of hydrogen-bond donors (Lipinski definition) is 0. The van der Waals surface area contributed by atoms with E-state index in [0.29, 0.717) is 5.56 Å². The molecule has 0 fully saturated rings. The van der Waals surface area contributed by atoms with Crippen molar-refractivity contribution in [2.24, 2.45) is 0 Å². The zero-order valence-corrected chi connectivity index (χ0v) is 12.1. The van der Waals surface area contributed by atoms with Crippen LogP contribution in [0.2, 0.25) is 0 Å². The molecule has 2 heterocycles. The smallest absolute Gasteiger partial charge is 0.0991 e. The first kappa shape index (κ1) is 11.6. The minimum Gasteiger partial charge on any atom is -0.308 e. The van der Waals surface area contributed by atoms with Crippen LogP contribution in [0.5, 0.6) is 0 Å². The lowest BCUT2D eigenvalue weighted by Gasteiger charge is -1.98. The molecule has 0 unspecified atom stereocenters. The molecule has 0 bridgehead atoms. The summed E-state index contributed by atoms with van der Waals surface area (Å²) < 4.78 is 2.33. The first-order chi connectivity index (χ1) is 10.8. The zero-order valence-electron chi connectivity index (χ0n) is 12.1. The Bertz CT molecular complexity index is 1240. The van der Waals surface area contributed by atoms with E-state index in [2.05, 4.69) is 59.9 Å². The monoisotopic (exact) mass is 280 g/mol. The van der Waals surface area contributed by atoms with Crippen LogP contribution < -0.4 is 0 Å². The average molecular weight is 280 g/mol. The normalized spacial score (nSPS) is 11.8. The van der Waals surface area contributed by atoms with Crippen LogP contribution in [-0.4, -0.2) is 4.40 Å². The van der Waals surface area contributed by atoms with Crippen molar-refractivity contribution < 1.29 is 0 Å². The molecule has 3 aromatic carbocycles. The fourth-order valence-corrected chi connectivity index (χ4v) is 3.71. The number of nitrogens with zero attached hydrogens (tertiary/aromatic N) is 2. The van der Waals surface area contributed by atoms with E-state index in [9.17, 15) is 5.26 Å². The Morgan fingerprint density at radius 2 is 1.55 bits per heavy atom. The van der Waals surface area contributed by atoms with Crippen LogP contribution in [0.4, 0.5) is 0 Å². The van der Waals surface area contributed by atoms with Gasteiger partial charge in [0.05, 0.1) is 28.2 Å². The average Bonchev–Trinajstić information content (AvgIpc) is 3.04. The minimum atomic E-state index is 0.712. The molecule has 5 aromatic rings. The summed E-state index contributed by atoms with van der Waals surface area (Å²) in [6, 6.07) is 21.2. The highest BCUT2D eigenvalue weighted by Crippen LogP contribution is 2.39. The molecule has 0 aliphatic carbocycles. The van der Waals surface area contributed by atoms with Gasteiger partial charge in [0, 0.05) is 21.5 Å². The maximum atomic E-state index is 9.20. The third-order valence-electron chi connectivity index (χ3n) is 4.57. The number of para-hydroxylation sites is 1. The first-order valence-corrected chi connectivity index (χ1v) is 7.36. The zero-order chi connectivity index (χ0) is 14.8. The van der Waals surface area contributed by atoms with Gasteiger partial charge in [-0.15, -0.1) is 0 Å². The van der Waals surface area contributed by atoms with Gasteiger partial charge in [-0.2, -0.15) is 5.26 Å². The van der Waals surface area contributed by atoms with E-state index in [-0.39, 0.29) is 0 Å². The molecule has 0 radical (unpaired) electrons. The SMILES string of the molecule is Cc1cc2c3ccccc3n3c4ccc(C#N)cc4c(c1)c23. The molecule has 22 heavy (non-hydrogen) atoms. The maximum Gasteiger partial charge on any atom is 0.0991 e. The quantitative estimate of drug-likeness (QED) is 0.391. The number of aryl methyl sites for hydroxylation is 1. The molecular weight excluding hydrogens is 268 g/mol. The van der Waals surface area contributed by atoms with Crippen LogP contribution >= 0.6 is 0 Å². The fourth-order valence-electron chi connectivity index (χ4n) is 3.71. The fraction of sp³-hybridized carbons (Fsp3) is 0.0500. The highest BCUT2D eigenvalue weighted by molar-refractivity contribution is 6.23. The lowest BCUT2D eigenvalue weighted by atomic mass is 10.0. The van der Waals surface area contributed by atoms with Gasteiger partial charge in [0.15, 0.2) is 0 Å². The van der Waals surface area contributed by atoms with E-state index >= 15 is 0 Å². The summed E-state index contributed by atoms with van der Waals surface area (Å²) in [4.78, 5) is 0. The summed E-state index contributed by atoms with van der Waals surface area (Å²) in [6.07, 6.45) is 0. The van der Waals surface area contributed by atoms with Crippen molar-refractivity contribution in [3.05, 3.63) is 65.7 Å². The van der Waals surface area contributed by atoms with E-state index in [1.54, 1.807) is 0 Å². The van der Waals surface area contributed by atoms with E-state index < -0.39 is 0 Å². The van der Waals surface area contributed by atoms with Crippen LogP contribution in [0.25, 0.3) is 38.1 Å². The topological polar surface area (TPSA) is 28.2 Å². The number of benzene rings is 3. The maximum absolute atomic E-state index is 9.20. The van der Waals surface area contributed by atoms with Crippen LogP contribution in [-0.2, 0) is 0 Å². The van der Waals surface area contributed by atoms with Gasteiger partial charge in [0.2, 0.25) is 0 Å². The first-order valence-electron chi connectivity index (χ1n) is 7.36. The second-order valence-electron chi connectivity index (χ2n) is 5.90. The van der Waals surface area contributed by atoms with Gasteiger partial charge in [-0.1, -0.05) is 18.2 Å². The standard InChI is InChI=1S/C20H12N2/c1-12-8-16-14-4-2-3-5-18(14)22-19-7-6-13(11-21)10-15(19)17(9-12)20(16)22/h2-10H,1H3. The molecule has 0 saturated heterocycles. The predicted octanol–water partition coefficient (Wildman–Crippen LogP) is 5.02. The predicted molar refractivity (Wildman–Crippen MR) is 90.6 cm³/mol. The van der Waals surface area contributed by atoms with Gasteiger partial charge in [0.25, 0.3) is 0 Å². The molecule has 0 spiro atoms. The van der Waals surface area contributed by atoms with Crippen molar-refractivity contribution in [1.82, 2.24) is 4.40 Å². The largest absolute Gasteiger partial charge is 0.308 e. The lowest BCUT2D eigenvalue weighted by Crippen LogP contribution is -1.80. The summed E-state index contributed by atoms with van der Waals surface area (Å²) in [7, 11) is 0. The van der Waals surface area contributed by atoms with Crippen LogP contribution in [0, 0.1) is 18.3 Å². The molecule has 2 heteroatoms. The van der Waals surface area contributed by atoms with Gasteiger partial charge >= 0.3 is 0 Å². The molecular formula is C20H12N2. The number of fused-ring (bicyclic) bond motifs is 6. The summed E-state index contributed by atoms with van der Waals surface area (Å²) in [6.45, 7) is 2.13. The Hall–Kier alpha value is -3.05. The molecule has 5 rings (SSSR count). The molecule has 0 aliphatic rings. The van der Waals surface area contributed by atoms with E-state index in [0.717, 1.165) is 5.39 Å². The van der Waals surface area contributed by atoms with Crippen LogP contribution in [0.15, 0.2) is 54.6 Å². The number of aromatic nitrogens is 1. The van der Waals surface area contributed by atoms with E-state index in [1.807, 2.05) is 12.1 Å². The molecule has 0 atom stereocenters. The Kier molecular flexibility index (Phi) is 1.99. The van der Waals surface area contributed by atoms with Crippen molar-refractivity contribution in [3.63, 3.8) is 0 Å². The number of hydrogen-bond acceptors (Lipinski definition) is 1. The number of rotatable bonds is 0. The second kappa shape index (κ2) is 3.78. The van der Waals surface area contributed by atoms with Gasteiger partial charge in [-0.05, 0) is 48.9 Å². The van der Waals surface area contributed by atoms with Gasteiger partial charge in [0.1, 0.15) is 0 Å². The van der Waals surface area contributed by atoms with E-state index in [1.165, 1.54) is 38.3 Å². The van der Waals surface area contributed by atoms with Crippen molar-refractivity contribution >= 4 is 38.1 Å². The molecule has 2 aromatic heterocycles.